The summed E-state index contributed by atoms with van der Waals surface area (Å²) in [4.78, 5) is 12.5. The summed E-state index contributed by atoms with van der Waals surface area (Å²) in [5, 5.41) is 4.02. The van der Waals surface area contributed by atoms with Gasteiger partial charge in [0.1, 0.15) is 16.8 Å². The maximum Gasteiger partial charge on any atom is 0.342 e. The molecule has 0 saturated heterocycles. The summed E-state index contributed by atoms with van der Waals surface area (Å²) < 4.78 is 7.69. The molecule has 0 aromatic carbocycles. The lowest BCUT2D eigenvalue weighted by Crippen LogP contribution is -2.00. The maximum absolute atomic E-state index is 5.45. The third kappa shape index (κ3) is 3.00. The summed E-state index contributed by atoms with van der Waals surface area (Å²) in [5.74, 6) is 1.37. The smallest absolute Gasteiger partial charge is 0.342 e. The average Bonchev–Trinajstić information content (AvgIpc) is 2.63. The van der Waals surface area contributed by atoms with Crippen molar-refractivity contribution >= 4 is 15.9 Å². The molecule has 0 atom stereocenters. The van der Waals surface area contributed by atoms with Crippen molar-refractivity contribution in [2.75, 3.05) is 0 Å². The number of hydrogen-bond donors (Lipinski definition) is 0. The van der Waals surface area contributed by atoms with Crippen LogP contribution in [0.3, 0.4) is 0 Å². The van der Waals surface area contributed by atoms with Gasteiger partial charge >= 0.3 is 6.01 Å². The molecular weight excluding hydrogens is 286 g/mol. The van der Waals surface area contributed by atoms with Gasteiger partial charge in [-0.1, -0.05) is 13.8 Å². The summed E-state index contributed by atoms with van der Waals surface area (Å²) >= 11 is 3.32. The van der Waals surface area contributed by atoms with Crippen molar-refractivity contribution in [3.05, 3.63) is 22.8 Å². The highest BCUT2D eigenvalue weighted by Gasteiger charge is 2.09. The van der Waals surface area contributed by atoms with E-state index in [0.29, 0.717) is 16.3 Å². The van der Waals surface area contributed by atoms with Gasteiger partial charge in [0.25, 0.3) is 0 Å². The quantitative estimate of drug-likeness (QED) is 0.813. The first-order valence-electron chi connectivity index (χ1n) is 5.12. The van der Waals surface area contributed by atoms with Gasteiger partial charge in [-0.3, -0.25) is 4.68 Å². The second kappa shape index (κ2) is 4.79. The first kappa shape index (κ1) is 12.0. The van der Waals surface area contributed by atoms with Crippen LogP contribution in [0.15, 0.2) is 17.0 Å². The fourth-order valence-electron chi connectivity index (χ4n) is 1.18. The number of nitrogens with zero attached hydrogens (tertiary/aromatic N) is 5. The highest BCUT2D eigenvalue weighted by molar-refractivity contribution is 9.10. The van der Waals surface area contributed by atoms with Gasteiger partial charge in [-0.05, 0) is 15.9 Å². The van der Waals surface area contributed by atoms with Gasteiger partial charge in [-0.15, -0.1) is 5.10 Å². The summed E-state index contributed by atoms with van der Waals surface area (Å²) in [6, 6.07) is 1.95. The van der Waals surface area contributed by atoms with Crippen LogP contribution in [-0.4, -0.2) is 24.7 Å². The van der Waals surface area contributed by atoms with E-state index in [-0.39, 0.29) is 11.9 Å². The molecular formula is C10H12BrN5O. The second-order valence-corrected chi connectivity index (χ2v) is 4.66. The first-order chi connectivity index (χ1) is 8.04. The lowest BCUT2D eigenvalue weighted by Gasteiger charge is -2.06. The van der Waals surface area contributed by atoms with Crippen LogP contribution in [0.25, 0.3) is 0 Å². The van der Waals surface area contributed by atoms with E-state index in [1.807, 2.05) is 13.8 Å². The third-order valence-electron chi connectivity index (χ3n) is 1.98. The molecule has 0 fully saturated rings. The Kier molecular flexibility index (Phi) is 3.37. The standard InChI is InChI=1S/C10H12BrN5O/c1-6(2)9-13-7(11)4-8(14-9)17-10-12-5-16(3)15-10/h4-6H,1-3H3. The second-order valence-electron chi connectivity index (χ2n) is 3.84. The fraction of sp³-hybridized carbons (Fsp3) is 0.400. The highest BCUT2D eigenvalue weighted by Crippen LogP contribution is 2.21. The summed E-state index contributed by atoms with van der Waals surface area (Å²) in [6.07, 6.45) is 1.56. The lowest BCUT2D eigenvalue weighted by atomic mass is 10.2. The Morgan fingerprint density at radius 3 is 2.71 bits per heavy atom. The predicted octanol–water partition coefficient (Wildman–Crippen LogP) is 2.28. The summed E-state index contributed by atoms with van der Waals surface area (Å²) in [5.41, 5.74) is 0. The van der Waals surface area contributed by atoms with Gasteiger partial charge in [-0.2, -0.15) is 9.97 Å². The molecule has 0 aliphatic heterocycles. The van der Waals surface area contributed by atoms with Crippen LogP contribution in [0.2, 0.25) is 0 Å². The number of halogens is 1. The summed E-state index contributed by atoms with van der Waals surface area (Å²) in [7, 11) is 1.77. The minimum Gasteiger partial charge on any atom is -0.404 e. The normalized spacial score (nSPS) is 10.9. The van der Waals surface area contributed by atoms with E-state index in [2.05, 4.69) is 36.0 Å². The molecule has 2 heterocycles. The number of ether oxygens (including phenoxy) is 1. The van der Waals surface area contributed by atoms with Crippen molar-refractivity contribution in [1.82, 2.24) is 24.7 Å². The molecule has 0 spiro atoms. The van der Waals surface area contributed by atoms with Crippen molar-refractivity contribution in [3.8, 4) is 11.9 Å². The van der Waals surface area contributed by atoms with Gasteiger partial charge in [0, 0.05) is 19.0 Å². The minimum atomic E-state index is 0.228. The van der Waals surface area contributed by atoms with Gasteiger partial charge in [-0.25, -0.2) is 4.98 Å². The average molecular weight is 298 g/mol. The molecule has 0 bridgehead atoms. The van der Waals surface area contributed by atoms with E-state index in [9.17, 15) is 0 Å². The Morgan fingerprint density at radius 2 is 2.12 bits per heavy atom. The zero-order valence-corrected chi connectivity index (χ0v) is 11.3. The van der Waals surface area contributed by atoms with Crippen molar-refractivity contribution in [1.29, 1.82) is 0 Å². The molecule has 0 radical (unpaired) electrons. The molecule has 0 N–H and O–H groups in total. The minimum absolute atomic E-state index is 0.228. The van der Waals surface area contributed by atoms with Crippen molar-refractivity contribution < 1.29 is 4.74 Å². The molecule has 0 aliphatic carbocycles. The van der Waals surface area contributed by atoms with Crippen LogP contribution >= 0.6 is 15.9 Å². The Bertz CT molecular complexity index is 525. The van der Waals surface area contributed by atoms with E-state index >= 15 is 0 Å². The Hall–Kier alpha value is -1.50. The van der Waals surface area contributed by atoms with Gasteiger partial charge in [0.15, 0.2) is 0 Å². The molecule has 17 heavy (non-hydrogen) atoms. The topological polar surface area (TPSA) is 65.7 Å². The molecule has 90 valence electrons. The molecule has 0 unspecified atom stereocenters. The Balaban J connectivity index is 2.26. The van der Waals surface area contributed by atoms with Crippen LogP contribution < -0.4 is 4.74 Å². The number of rotatable bonds is 3. The zero-order valence-electron chi connectivity index (χ0n) is 9.75. The summed E-state index contributed by atoms with van der Waals surface area (Å²) in [6.45, 7) is 4.04. The molecule has 0 amide bonds. The molecule has 7 heteroatoms. The van der Waals surface area contributed by atoms with Crippen LogP contribution in [0.1, 0.15) is 25.6 Å². The molecule has 0 aliphatic rings. The molecule has 0 saturated carbocycles. The number of hydrogen-bond acceptors (Lipinski definition) is 5. The van der Waals surface area contributed by atoms with Crippen molar-refractivity contribution in [2.45, 2.75) is 19.8 Å². The van der Waals surface area contributed by atoms with E-state index in [1.165, 1.54) is 0 Å². The van der Waals surface area contributed by atoms with E-state index in [4.69, 9.17) is 4.74 Å². The zero-order chi connectivity index (χ0) is 12.4. The monoisotopic (exact) mass is 297 g/mol. The van der Waals surface area contributed by atoms with E-state index in [1.54, 1.807) is 24.1 Å². The molecule has 2 rings (SSSR count). The SMILES string of the molecule is CC(C)c1nc(Br)cc(Oc2ncn(C)n2)n1. The van der Waals surface area contributed by atoms with E-state index in [0.717, 1.165) is 0 Å². The van der Waals surface area contributed by atoms with Crippen LogP contribution in [0, 0.1) is 0 Å². The Morgan fingerprint density at radius 1 is 1.35 bits per heavy atom. The van der Waals surface area contributed by atoms with Crippen molar-refractivity contribution in [2.24, 2.45) is 7.05 Å². The van der Waals surface area contributed by atoms with E-state index < -0.39 is 0 Å². The van der Waals surface area contributed by atoms with Gasteiger partial charge in [0.05, 0.1) is 0 Å². The molecule has 2 aromatic rings. The lowest BCUT2D eigenvalue weighted by molar-refractivity contribution is 0.417. The largest absolute Gasteiger partial charge is 0.404 e. The molecule has 2 aromatic heterocycles. The first-order valence-corrected chi connectivity index (χ1v) is 5.92. The Labute approximate surface area is 107 Å². The van der Waals surface area contributed by atoms with Gasteiger partial charge < -0.3 is 4.74 Å². The number of aromatic nitrogens is 5. The highest BCUT2D eigenvalue weighted by atomic mass is 79.9. The van der Waals surface area contributed by atoms with Gasteiger partial charge in [0.2, 0.25) is 5.88 Å². The maximum atomic E-state index is 5.45. The predicted molar refractivity (Wildman–Crippen MR) is 64.9 cm³/mol. The van der Waals surface area contributed by atoms with Crippen LogP contribution in [-0.2, 0) is 7.05 Å². The molecule has 6 nitrogen and oxygen atoms in total. The van der Waals surface area contributed by atoms with Crippen LogP contribution in [0.4, 0.5) is 0 Å². The van der Waals surface area contributed by atoms with Crippen LogP contribution in [0.5, 0.6) is 11.9 Å². The fourth-order valence-corrected chi connectivity index (χ4v) is 1.56. The third-order valence-corrected chi connectivity index (χ3v) is 2.39. The number of aryl methyl sites for hydroxylation is 1. The van der Waals surface area contributed by atoms with Crippen molar-refractivity contribution in [3.63, 3.8) is 0 Å².